The summed E-state index contributed by atoms with van der Waals surface area (Å²) in [4.78, 5) is 17.6. The summed E-state index contributed by atoms with van der Waals surface area (Å²) >= 11 is 0. The number of para-hydroxylation sites is 1. The highest BCUT2D eigenvalue weighted by atomic mass is 16.5. The second kappa shape index (κ2) is 9.69. The lowest BCUT2D eigenvalue weighted by Crippen LogP contribution is -2.12. The Morgan fingerprint density at radius 2 is 1.71 bits per heavy atom. The molecule has 0 bridgehead atoms. The Balaban J connectivity index is 1.42. The lowest BCUT2D eigenvalue weighted by Gasteiger charge is -2.08. The van der Waals surface area contributed by atoms with Crippen LogP contribution >= 0.6 is 0 Å². The van der Waals surface area contributed by atoms with Crippen molar-refractivity contribution in [3.8, 4) is 22.7 Å². The van der Waals surface area contributed by atoms with Crippen molar-refractivity contribution in [3.63, 3.8) is 0 Å². The standard InChI is InChI=1S/C28H25N5O2/c1-20-29-16-17-32(20)18-21-8-12-23(13-9-21)30-28(34)26-19-33(24-6-4-3-5-7-24)31-27(26)22-10-14-25(35-2)15-11-22/h3-17,19H,18H2,1-2H3,(H,30,34). The zero-order valence-electron chi connectivity index (χ0n) is 19.6. The third-order valence-electron chi connectivity index (χ3n) is 5.83. The topological polar surface area (TPSA) is 74.0 Å². The van der Waals surface area contributed by atoms with Crippen molar-refractivity contribution in [1.82, 2.24) is 19.3 Å². The van der Waals surface area contributed by atoms with E-state index in [1.807, 2.05) is 92.0 Å². The Hall–Kier alpha value is -4.65. The van der Waals surface area contributed by atoms with Gasteiger partial charge in [0.25, 0.3) is 5.91 Å². The fourth-order valence-corrected chi connectivity index (χ4v) is 3.87. The van der Waals surface area contributed by atoms with Gasteiger partial charge in [-0.3, -0.25) is 4.79 Å². The number of ether oxygens (including phenoxy) is 1. The average Bonchev–Trinajstić information content (AvgIpc) is 3.52. The molecule has 1 amide bonds. The molecular formula is C28H25N5O2. The maximum atomic E-state index is 13.4. The first kappa shape index (κ1) is 22.2. The molecule has 0 atom stereocenters. The number of hydrogen-bond acceptors (Lipinski definition) is 4. The van der Waals surface area contributed by atoms with E-state index >= 15 is 0 Å². The van der Waals surface area contributed by atoms with Crippen LogP contribution in [0.5, 0.6) is 5.75 Å². The molecule has 1 N–H and O–H groups in total. The van der Waals surface area contributed by atoms with Crippen molar-refractivity contribution in [1.29, 1.82) is 0 Å². The summed E-state index contributed by atoms with van der Waals surface area (Å²) < 4.78 is 9.08. The van der Waals surface area contributed by atoms with Gasteiger partial charge < -0.3 is 14.6 Å². The quantitative estimate of drug-likeness (QED) is 0.353. The molecule has 0 aliphatic carbocycles. The number of rotatable bonds is 7. The summed E-state index contributed by atoms with van der Waals surface area (Å²) in [6.45, 7) is 2.70. The molecule has 5 aromatic rings. The molecule has 0 radical (unpaired) electrons. The van der Waals surface area contributed by atoms with Crippen LogP contribution in [-0.2, 0) is 6.54 Å². The SMILES string of the molecule is COc1ccc(-c2nn(-c3ccccc3)cc2C(=O)Nc2ccc(Cn3ccnc3C)cc2)cc1. The van der Waals surface area contributed by atoms with E-state index in [-0.39, 0.29) is 5.91 Å². The zero-order chi connectivity index (χ0) is 24.2. The van der Waals surface area contributed by atoms with Gasteiger partial charge in [0, 0.05) is 36.4 Å². The van der Waals surface area contributed by atoms with Crippen LogP contribution < -0.4 is 10.1 Å². The molecule has 0 aliphatic rings. The molecule has 5 rings (SSSR count). The number of hydrogen-bond donors (Lipinski definition) is 1. The van der Waals surface area contributed by atoms with Crippen LogP contribution in [0.3, 0.4) is 0 Å². The van der Waals surface area contributed by atoms with E-state index in [1.54, 1.807) is 24.2 Å². The zero-order valence-corrected chi connectivity index (χ0v) is 19.6. The Bertz CT molecular complexity index is 1440. The maximum absolute atomic E-state index is 13.4. The van der Waals surface area contributed by atoms with E-state index in [9.17, 15) is 4.79 Å². The van der Waals surface area contributed by atoms with Gasteiger partial charge in [-0.15, -0.1) is 0 Å². The summed E-state index contributed by atoms with van der Waals surface area (Å²) in [5, 5.41) is 7.76. The van der Waals surface area contributed by atoms with Gasteiger partial charge in [-0.25, -0.2) is 9.67 Å². The highest BCUT2D eigenvalue weighted by Gasteiger charge is 2.19. The molecule has 35 heavy (non-hydrogen) atoms. The second-order valence-electron chi connectivity index (χ2n) is 8.15. The molecule has 0 aliphatic heterocycles. The number of benzene rings is 3. The van der Waals surface area contributed by atoms with E-state index in [0.29, 0.717) is 16.9 Å². The fraction of sp³-hybridized carbons (Fsp3) is 0.107. The summed E-state index contributed by atoms with van der Waals surface area (Å²) in [5.41, 5.74) is 4.63. The number of carbonyl (C=O) groups excluding carboxylic acids is 1. The highest BCUT2D eigenvalue weighted by molar-refractivity contribution is 6.08. The lowest BCUT2D eigenvalue weighted by molar-refractivity contribution is 0.102. The molecule has 7 heteroatoms. The Labute approximate surface area is 203 Å². The highest BCUT2D eigenvalue weighted by Crippen LogP contribution is 2.27. The van der Waals surface area contributed by atoms with Crippen LogP contribution in [0.25, 0.3) is 16.9 Å². The maximum Gasteiger partial charge on any atom is 0.259 e. The van der Waals surface area contributed by atoms with Crippen molar-refractivity contribution in [2.24, 2.45) is 0 Å². The van der Waals surface area contributed by atoms with Crippen molar-refractivity contribution < 1.29 is 9.53 Å². The number of anilines is 1. The van der Waals surface area contributed by atoms with Gasteiger partial charge in [0.1, 0.15) is 17.3 Å². The van der Waals surface area contributed by atoms with Gasteiger partial charge in [-0.05, 0) is 61.0 Å². The number of carbonyl (C=O) groups is 1. The summed E-state index contributed by atoms with van der Waals surface area (Å²) in [6, 6.07) is 25.1. The van der Waals surface area contributed by atoms with Crippen molar-refractivity contribution in [2.45, 2.75) is 13.5 Å². The molecule has 0 saturated carbocycles. The number of methoxy groups -OCH3 is 1. The predicted octanol–water partition coefficient (Wildman–Crippen LogP) is 5.35. The molecule has 0 unspecified atom stereocenters. The number of nitrogens with one attached hydrogen (secondary N) is 1. The third-order valence-corrected chi connectivity index (χ3v) is 5.83. The van der Waals surface area contributed by atoms with Gasteiger partial charge in [-0.1, -0.05) is 30.3 Å². The van der Waals surface area contributed by atoms with Crippen molar-refractivity contribution in [3.05, 3.63) is 114 Å². The molecule has 2 aromatic heterocycles. The number of imidazole rings is 1. The van der Waals surface area contributed by atoms with Crippen LogP contribution in [-0.4, -0.2) is 32.3 Å². The van der Waals surface area contributed by atoms with Crippen molar-refractivity contribution >= 4 is 11.6 Å². The largest absolute Gasteiger partial charge is 0.497 e. The number of amides is 1. The van der Waals surface area contributed by atoms with Crippen LogP contribution in [0.15, 0.2) is 97.5 Å². The normalized spacial score (nSPS) is 10.8. The summed E-state index contributed by atoms with van der Waals surface area (Å²) in [7, 11) is 1.62. The van der Waals surface area contributed by atoms with E-state index in [0.717, 1.165) is 34.9 Å². The van der Waals surface area contributed by atoms with Gasteiger partial charge in [0.05, 0.1) is 18.4 Å². The van der Waals surface area contributed by atoms with E-state index < -0.39 is 0 Å². The minimum atomic E-state index is -0.226. The molecule has 7 nitrogen and oxygen atoms in total. The smallest absolute Gasteiger partial charge is 0.259 e. The first-order chi connectivity index (χ1) is 17.1. The monoisotopic (exact) mass is 463 g/mol. The van der Waals surface area contributed by atoms with Crippen LogP contribution in [0.4, 0.5) is 5.69 Å². The molecule has 2 heterocycles. The van der Waals surface area contributed by atoms with E-state index in [4.69, 9.17) is 9.84 Å². The van der Waals surface area contributed by atoms with Gasteiger partial charge >= 0.3 is 0 Å². The van der Waals surface area contributed by atoms with Crippen LogP contribution in [0.1, 0.15) is 21.7 Å². The van der Waals surface area contributed by atoms with Crippen molar-refractivity contribution in [2.75, 3.05) is 12.4 Å². The molecule has 174 valence electrons. The minimum absolute atomic E-state index is 0.226. The predicted molar refractivity (Wildman–Crippen MR) is 136 cm³/mol. The average molecular weight is 464 g/mol. The minimum Gasteiger partial charge on any atom is -0.497 e. The first-order valence-corrected chi connectivity index (χ1v) is 11.3. The summed E-state index contributed by atoms with van der Waals surface area (Å²) in [5.74, 6) is 1.48. The van der Waals surface area contributed by atoms with Gasteiger partial charge in [0.15, 0.2) is 0 Å². The van der Waals surface area contributed by atoms with Crippen LogP contribution in [0, 0.1) is 6.92 Å². The number of aryl methyl sites for hydroxylation is 1. The summed E-state index contributed by atoms with van der Waals surface area (Å²) in [6.07, 6.45) is 5.51. The molecule has 3 aromatic carbocycles. The number of aromatic nitrogens is 4. The third kappa shape index (κ3) is 4.84. The fourth-order valence-electron chi connectivity index (χ4n) is 3.87. The number of nitrogens with zero attached hydrogens (tertiary/aromatic N) is 4. The Morgan fingerprint density at radius 1 is 0.971 bits per heavy atom. The Morgan fingerprint density at radius 3 is 2.37 bits per heavy atom. The first-order valence-electron chi connectivity index (χ1n) is 11.3. The lowest BCUT2D eigenvalue weighted by atomic mass is 10.1. The Kier molecular flexibility index (Phi) is 6.13. The van der Waals surface area contributed by atoms with Gasteiger partial charge in [-0.2, -0.15) is 5.10 Å². The van der Waals surface area contributed by atoms with Gasteiger partial charge in [0.2, 0.25) is 0 Å². The van der Waals surface area contributed by atoms with E-state index in [2.05, 4.69) is 14.9 Å². The molecule has 0 saturated heterocycles. The molecular weight excluding hydrogens is 438 g/mol. The second-order valence-corrected chi connectivity index (χ2v) is 8.15. The van der Waals surface area contributed by atoms with E-state index in [1.165, 1.54) is 0 Å². The molecule has 0 fully saturated rings. The van der Waals surface area contributed by atoms with Crippen LogP contribution in [0.2, 0.25) is 0 Å². The molecule has 0 spiro atoms.